The molecule has 0 saturated heterocycles. The van der Waals surface area contributed by atoms with Crippen LogP contribution in [0.3, 0.4) is 0 Å². The molecule has 4 aromatic rings. The van der Waals surface area contributed by atoms with E-state index >= 15 is 0 Å². The summed E-state index contributed by atoms with van der Waals surface area (Å²) in [6.07, 6.45) is -1.33. The summed E-state index contributed by atoms with van der Waals surface area (Å²) < 4.78 is 74.2. The van der Waals surface area contributed by atoms with E-state index in [-0.39, 0.29) is 46.5 Å². The summed E-state index contributed by atoms with van der Waals surface area (Å²) in [7, 11) is -4.06. The maximum atomic E-state index is 13.8. The standard InChI is InChI=1S/C30H31F3N2O4S2/c1-6-39-28(36)24-18-40-27(34-24)17-26-19(2)23-16-22(30(31,32)33)12-13-25(23)35(26)41(37,38)14-8-10-20-9-7-11-21(15-20)29(3,4)5/h7-13,15-16,18H,6,14,17H2,1-5H3. The number of benzene rings is 2. The van der Waals surface area contributed by atoms with Crippen LogP contribution < -0.4 is 0 Å². The van der Waals surface area contributed by atoms with Crippen molar-refractivity contribution in [2.75, 3.05) is 12.4 Å². The highest BCUT2D eigenvalue weighted by molar-refractivity contribution is 7.90. The Morgan fingerprint density at radius 1 is 1.10 bits per heavy atom. The number of hydrogen-bond donors (Lipinski definition) is 0. The summed E-state index contributed by atoms with van der Waals surface area (Å²) in [6.45, 7) is 9.70. The molecule has 0 N–H and O–H groups in total. The maximum absolute atomic E-state index is 13.8. The van der Waals surface area contributed by atoms with E-state index in [4.69, 9.17) is 4.74 Å². The third-order valence-electron chi connectivity index (χ3n) is 6.63. The molecule has 2 aromatic carbocycles. The van der Waals surface area contributed by atoms with Crippen LogP contribution in [0.5, 0.6) is 0 Å². The van der Waals surface area contributed by atoms with Crippen molar-refractivity contribution in [3.05, 3.63) is 92.6 Å². The first kappa shape index (κ1) is 30.5. The number of thiazole rings is 1. The van der Waals surface area contributed by atoms with Crippen molar-refractivity contribution < 1.29 is 31.1 Å². The topological polar surface area (TPSA) is 78.3 Å². The molecule has 4 rings (SSSR count). The van der Waals surface area contributed by atoms with Gasteiger partial charge in [-0.05, 0) is 54.2 Å². The number of aryl methyl sites for hydroxylation is 1. The van der Waals surface area contributed by atoms with Crippen LogP contribution in [0.25, 0.3) is 17.0 Å². The number of ether oxygens (including phenoxy) is 1. The molecule has 0 spiro atoms. The van der Waals surface area contributed by atoms with Crippen LogP contribution in [0.2, 0.25) is 0 Å². The van der Waals surface area contributed by atoms with Crippen LogP contribution in [-0.4, -0.2) is 35.7 Å². The van der Waals surface area contributed by atoms with Gasteiger partial charge in [0.1, 0.15) is 0 Å². The predicted molar refractivity (Wildman–Crippen MR) is 156 cm³/mol. The van der Waals surface area contributed by atoms with Crippen LogP contribution >= 0.6 is 11.3 Å². The van der Waals surface area contributed by atoms with E-state index in [9.17, 15) is 26.4 Å². The number of esters is 1. The van der Waals surface area contributed by atoms with Crippen LogP contribution in [0.15, 0.2) is 53.9 Å². The first-order valence-corrected chi connectivity index (χ1v) is 15.4. The van der Waals surface area contributed by atoms with Gasteiger partial charge in [-0.15, -0.1) is 11.3 Å². The van der Waals surface area contributed by atoms with E-state index in [2.05, 4.69) is 25.8 Å². The molecule has 0 aliphatic rings. The van der Waals surface area contributed by atoms with Gasteiger partial charge in [0.15, 0.2) is 5.69 Å². The van der Waals surface area contributed by atoms with Gasteiger partial charge in [0.05, 0.1) is 28.4 Å². The smallest absolute Gasteiger partial charge is 0.416 e. The summed E-state index contributed by atoms with van der Waals surface area (Å²) in [5.41, 5.74) is 1.91. The fraction of sp³-hybridized carbons (Fsp3) is 0.333. The number of fused-ring (bicyclic) bond motifs is 1. The van der Waals surface area contributed by atoms with Gasteiger partial charge in [-0.1, -0.05) is 57.2 Å². The molecule has 2 heterocycles. The lowest BCUT2D eigenvalue weighted by Gasteiger charge is -2.19. The molecule has 6 nitrogen and oxygen atoms in total. The number of nitrogens with zero attached hydrogens (tertiary/aromatic N) is 2. The van der Waals surface area contributed by atoms with Gasteiger partial charge in [0, 0.05) is 22.9 Å². The van der Waals surface area contributed by atoms with Gasteiger partial charge in [-0.25, -0.2) is 22.2 Å². The third kappa shape index (κ3) is 6.73. The van der Waals surface area contributed by atoms with Gasteiger partial charge in [0.2, 0.25) is 10.0 Å². The van der Waals surface area contributed by atoms with Gasteiger partial charge in [-0.2, -0.15) is 13.2 Å². The summed E-state index contributed by atoms with van der Waals surface area (Å²) in [5, 5.41) is 2.13. The number of carbonyl (C=O) groups is 1. The lowest BCUT2D eigenvalue weighted by atomic mass is 9.86. The van der Waals surface area contributed by atoms with E-state index in [1.807, 2.05) is 24.3 Å². The molecular weight excluding hydrogens is 573 g/mol. The predicted octanol–water partition coefficient (Wildman–Crippen LogP) is 7.38. The largest absolute Gasteiger partial charge is 0.461 e. The molecule has 0 amide bonds. The molecule has 11 heteroatoms. The fourth-order valence-electron chi connectivity index (χ4n) is 4.49. The monoisotopic (exact) mass is 604 g/mol. The number of rotatable bonds is 8. The van der Waals surface area contributed by atoms with Crippen molar-refractivity contribution >= 4 is 44.3 Å². The normalized spacial score (nSPS) is 12.9. The Bertz CT molecular complexity index is 1730. The Morgan fingerprint density at radius 3 is 2.49 bits per heavy atom. The summed E-state index contributed by atoms with van der Waals surface area (Å²) in [6, 6.07) is 10.8. The fourth-order valence-corrected chi connectivity index (χ4v) is 6.74. The average Bonchev–Trinajstić information content (AvgIpc) is 3.46. The lowest BCUT2D eigenvalue weighted by molar-refractivity contribution is -0.137. The third-order valence-corrected chi connectivity index (χ3v) is 9.06. The summed E-state index contributed by atoms with van der Waals surface area (Å²) >= 11 is 1.15. The molecule has 0 saturated carbocycles. The Kier molecular flexibility index (Phi) is 8.52. The Labute approximate surface area is 241 Å². The van der Waals surface area contributed by atoms with Gasteiger partial charge < -0.3 is 4.74 Å². The first-order chi connectivity index (χ1) is 19.1. The van der Waals surface area contributed by atoms with E-state index in [0.29, 0.717) is 10.6 Å². The minimum atomic E-state index is -4.59. The van der Waals surface area contributed by atoms with E-state index in [0.717, 1.165) is 38.6 Å². The second-order valence-corrected chi connectivity index (χ2v) is 13.5. The van der Waals surface area contributed by atoms with Gasteiger partial charge >= 0.3 is 12.1 Å². The van der Waals surface area contributed by atoms with Crippen molar-refractivity contribution in [1.29, 1.82) is 0 Å². The SMILES string of the molecule is CCOC(=O)c1csc(Cc2c(C)c3cc(C(F)(F)F)ccc3n2S(=O)(=O)CC=Cc2cccc(C(C)(C)C)c2)n1. The minimum Gasteiger partial charge on any atom is -0.461 e. The van der Waals surface area contributed by atoms with Crippen LogP contribution in [0.1, 0.15) is 71.1 Å². The Morgan fingerprint density at radius 2 is 1.83 bits per heavy atom. The molecule has 0 unspecified atom stereocenters. The number of halogens is 3. The molecular formula is C30H31F3N2O4S2. The van der Waals surface area contributed by atoms with Crippen molar-refractivity contribution in [2.45, 2.75) is 52.6 Å². The molecule has 2 aromatic heterocycles. The second-order valence-electron chi connectivity index (χ2n) is 10.6. The molecule has 0 radical (unpaired) electrons. The number of hydrogen-bond acceptors (Lipinski definition) is 6. The molecule has 41 heavy (non-hydrogen) atoms. The molecule has 0 bridgehead atoms. The summed E-state index contributed by atoms with van der Waals surface area (Å²) in [5.74, 6) is -0.981. The van der Waals surface area contributed by atoms with Crippen molar-refractivity contribution in [1.82, 2.24) is 8.96 Å². The average molecular weight is 605 g/mol. The second kappa shape index (κ2) is 11.4. The number of aromatic nitrogens is 2. The highest BCUT2D eigenvalue weighted by Crippen LogP contribution is 2.36. The number of alkyl halides is 3. The van der Waals surface area contributed by atoms with Gasteiger partial charge in [0.25, 0.3) is 0 Å². The lowest BCUT2D eigenvalue weighted by Crippen LogP contribution is -2.18. The Balaban J connectivity index is 1.76. The molecule has 0 aliphatic heterocycles. The maximum Gasteiger partial charge on any atom is 0.416 e. The van der Waals surface area contributed by atoms with E-state index in [1.165, 1.54) is 17.5 Å². The zero-order valence-corrected chi connectivity index (χ0v) is 25.0. The van der Waals surface area contributed by atoms with Crippen molar-refractivity contribution in [2.24, 2.45) is 0 Å². The molecule has 0 fully saturated rings. The first-order valence-electron chi connectivity index (χ1n) is 12.9. The van der Waals surface area contributed by atoms with Crippen molar-refractivity contribution in [3.8, 4) is 0 Å². The van der Waals surface area contributed by atoms with Crippen molar-refractivity contribution in [3.63, 3.8) is 0 Å². The molecule has 0 atom stereocenters. The number of carbonyl (C=O) groups excluding carboxylic acids is 1. The zero-order valence-electron chi connectivity index (χ0n) is 23.4. The van der Waals surface area contributed by atoms with Crippen LogP contribution in [0, 0.1) is 6.92 Å². The minimum absolute atomic E-state index is 0.00249. The summed E-state index contributed by atoms with van der Waals surface area (Å²) in [4.78, 5) is 16.4. The van der Waals surface area contributed by atoms with Gasteiger partial charge in [-0.3, -0.25) is 0 Å². The highest BCUT2D eigenvalue weighted by Gasteiger charge is 2.32. The molecule has 218 valence electrons. The van der Waals surface area contributed by atoms with E-state index in [1.54, 1.807) is 19.9 Å². The van der Waals surface area contributed by atoms with E-state index < -0.39 is 27.7 Å². The quantitative estimate of drug-likeness (QED) is 0.196. The zero-order chi connectivity index (χ0) is 30.2. The van der Waals surface area contributed by atoms with Crippen LogP contribution in [0.4, 0.5) is 13.2 Å². The highest BCUT2D eigenvalue weighted by atomic mass is 32.2. The Hall–Kier alpha value is -3.44. The van der Waals surface area contributed by atoms with Crippen LogP contribution in [-0.2, 0) is 32.8 Å². The molecule has 0 aliphatic carbocycles.